The van der Waals surface area contributed by atoms with Crippen molar-refractivity contribution in [1.82, 2.24) is 9.21 Å². The number of hydrogen-bond donors (Lipinski definition) is 0. The number of nitrogens with zero attached hydrogens (tertiary/aromatic N) is 2. The van der Waals surface area contributed by atoms with Crippen molar-refractivity contribution in [1.29, 1.82) is 0 Å². The van der Waals surface area contributed by atoms with Crippen molar-refractivity contribution in [3.63, 3.8) is 0 Å². The first kappa shape index (κ1) is 18.1. The summed E-state index contributed by atoms with van der Waals surface area (Å²) in [6.07, 6.45) is 6.44. The molecule has 0 aliphatic carbocycles. The van der Waals surface area contributed by atoms with Crippen LogP contribution in [0.15, 0.2) is 18.2 Å². The second-order valence-corrected chi connectivity index (χ2v) is 8.97. The van der Waals surface area contributed by atoms with E-state index in [2.05, 4.69) is 41.3 Å². The van der Waals surface area contributed by atoms with Crippen LogP contribution in [0.5, 0.6) is 5.75 Å². The summed E-state index contributed by atoms with van der Waals surface area (Å²) in [6.45, 7) is 11.3. The van der Waals surface area contributed by atoms with Gasteiger partial charge in [-0.2, -0.15) is 0 Å². The van der Waals surface area contributed by atoms with Gasteiger partial charge in [0.1, 0.15) is 5.75 Å². The molecule has 1 saturated heterocycles. The number of fused-ring (bicyclic) bond motifs is 1. The molecular formula is C20H32N2OS. The van der Waals surface area contributed by atoms with Crippen LogP contribution in [-0.2, 0) is 13.0 Å². The van der Waals surface area contributed by atoms with Crippen molar-refractivity contribution in [2.45, 2.75) is 57.7 Å². The van der Waals surface area contributed by atoms with Crippen LogP contribution in [0.3, 0.4) is 0 Å². The van der Waals surface area contributed by atoms with Gasteiger partial charge in [0.15, 0.2) is 0 Å². The smallest absolute Gasteiger partial charge is 0.119 e. The van der Waals surface area contributed by atoms with Crippen molar-refractivity contribution in [3.8, 4) is 5.75 Å². The topological polar surface area (TPSA) is 15.7 Å². The van der Waals surface area contributed by atoms with E-state index in [1.54, 1.807) is 0 Å². The van der Waals surface area contributed by atoms with E-state index in [0.29, 0.717) is 5.25 Å². The minimum Gasteiger partial charge on any atom is -0.494 e. The highest BCUT2D eigenvalue weighted by Gasteiger charge is 2.18. The predicted molar refractivity (Wildman–Crippen MR) is 104 cm³/mol. The standard InChI is InChI=1S/C20H32N2OS/c1-17(2)24-22-13-9-18-7-8-20(15-19(18)16-22)23-14-6-12-21-10-4-3-5-11-21/h7-8,15,17H,3-6,9-14,16H2,1-2H3. The lowest BCUT2D eigenvalue weighted by Gasteiger charge is -2.29. The van der Waals surface area contributed by atoms with Crippen LogP contribution >= 0.6 is 11.9 Å². The fourth-order valence-corrected chi connectivity index (χ4v) is 4.65. The summed E-state index contributed by atoms with van der Waals surface area (Å²) >= 11 is 1.97. The molecule has 1 aromatic rings. The molecule has 4 heteroatoms. The zero-order chi connectivity index (χ0) is 16.8. The van der Waals surface area contributed by atoms with Crippen molar-refractivity contribution < 1.29 is 4.74 Å². The molecule has 2 aliphatic heterocycles. The molecule has 1 fully saturated rings. The van der Waals surface area contributed by atoms with E-state index in [0.717, 1.165) is 38.3 Å². The molecule has 0 spiro atoms. The second kappa shape index (κ2) is 9.12. The number of ether oxygens (including phenoxy) is 1. The van der Waals surface area contributed by atoms with E-state index < -0.39 is 0 Å². The Morgan fingerprint density at radius 3 is 2.71 bits per heavy atom. The van der Waals surface area contributed by atoms with Gasteiger partial charge < -0.3 is 9.64 Å². The number of rotatable bonds is 7. The highest BCUT2D eigenvalue weighted by molar-refractivity contribution is 7.97. The van der Waals surface area contributed by atoms with Crippen LogP contribution in [0, 0.1) is 0 Å². The third-order valence-corrected chi connectivity index (χ3v) is 5.88. The normalized spacial score (nSPS) is 19.5. The van der Waals surface area contributed by atoms with Gasteiger partial charge in [-0.1, -0.05) is 38.3 Å². The summed E-state index contributed by atoms with van der Waals surface area (Å²) in [7, 11) is 0. The van der Waals surface area contributed by atoms with Crippen LogP contribution in [-0.4, -0.2) is 47.2 Å². The SMILES string of the molecule is CC(C)SN1CCc2ccc(OCCCN3CCCCC3)cc2C1. The van der Waals surface area contributed by atoms with Gasteiger partial charge >= 0.3 is 0 Å². The maximum atomic E-state index is 6.03. The highest BCUT2D eigenvalue weighted by atomic mass is 32.2. The molecule has 3 rings (SSSR count). The summed E-state index contributed by atoms with van der Waals surface area (Å²) in [5.74, 6) is 1.05. The average molecular weight is 349 g/mol. The molecule has 2 heterocycles. The molecule has 134 valence electrons. The fourth-order valence-electron chi connectivity index (χ4n) is 3.65. The van der Waals surface area contributed by atoms with Crippen LogP contribution in [0.2, 0.25) is 0 Å². The summed E-state index contributed by atoms with van der Waals surface area (Å²) in [6, 6.07) is 6.70. The lowest BCUT2D eigenvalue weighted by atomic mass is 10.0. The van der Waals surface area contributed by atoms with E-state index >= 15 is 0 Å². The van der Waals surface area contributed by atoms with Crippen LogP contribution in [0.1, 0.15) is 50.7 Å². The maximum Gasteiger partial charge on any atom is 0.119 e. The van der Waals surface area contributed by atoms with E-state index in [1.165, 1.54) is 50.0 Å². The summed E-state index contributed by atoms with van der Waals surface area (Å²) in [4.78, 5) is 2.58. The van der Waals surface area contributed by atoms with Crippen LogP contribution in [0.25, 0.3) is 0 Å². The second-order valence-electron chi connectivity index (χ2n) is 7.30. The minimum atomic E-state index is 0.653. The Labute approximate surface area is 151 Å². The number of hydrogen-bond acceptors (Lipinski definition) is 4. The lowest BCUT2D eigenvalue weighted by Crippen LogP contribution is -2.31. The molecule has 0 unspecified atom stereocenters. The zero-order valence-corrected chi connectivity index (χ0v) is 16.1. The third-order valence-electron chi connectivity index (χ3n) is 4.85. The minimum absolute atomic E-state index is 0.653. The Bertz CT molecular complexity index is 514. The first-order valence-electron chi connectivity index (χ1n) is 9.59. The number of benzene rings is 1. The largest absolute Gasteiger partial charge is 0.494 e. The molecule has 0 aromatic heterocycles. The van der Waals surface area contributed by atoms with E-state index in [1.807, 2.05) is 11.9 Å². The Morgan fingerprint density at radius 2 is 1.92 bits per heavy atom. The summed E-state index contributed by atoms with van der Waals surface area (Å²) < 4.78 is 8.52. The van der Waals surface area contributed by atoms with Crippen molar-refractivity contribution in [2.24, 2.45) is 0 Å². The summed E-state index contributed by atoms with van der Waals surface area (Å²) in [5.41, 5.74) is 2.94. The van der Waals surface area contributed by atoms with Gasteiger partial charge in [-0.25, -0.2) is 4.31 Å². The highest BCUT2D eigenvalue weighted by Crippen LogP contribution is 2.29. The van der Waals surface area contributed by atoms with Gasteiger partial charge in [-0.05, 0) is 62.0 Å². The Balaban J connectivity index is 1.45. The number of likely N-dealkylation sites (tertiary alicyclic amines) is 1. The third kappa shape index (κ3) is 5.40. The quantitative estimate of drug-likeness (QED) is 0.537. The molecule has 0 atom stereocenters. The van der Waals surface area contributed by atoms with Gasteiger partial charge in [0.2, 0.25) is 0 Å². The molecular weight excluding hydrogens is 316 g/mol. The molecule has 0 saturated carbocycles. The van der Waals surface area contributed by atoms with Gasteiger partial charge in [0.05, 0.1) is 6.61 Å². The number of piperidine rings is 1. The Kier molecular flexibility index (Phi) is 6.87. The first-order chi connectivity index (χ1) is 11.7. The monoisotopic (exact) mass is 348 g/mol. The molecule has 1 aromatic carbocycles. The lowest BCUT2D eigenvalue weighted by molar-refractivity contribution is 0.205. The molecule has 0 bridgehead atoms. The van der Waals surface area contributed by atoms with E-state index in [4.69, 9.17) is 4.74 Å². The Morgan fingerprint density at radius 1 is 1.08 bits per heavy atom. The maximum absolute atomic E-state index is 6.03. The van der Waals surface area contributed by atoms with Gasteiger partial charge in [0.25, 0.3) is 0 Å². The van der Waals surface area contributed by atoms with Crippen LogP contribution < -0.4 is 4.74 Å². The van der Waals surface area contributed by atoms with Crippen molar-refractivity contribution in [2.75, 3.05) is 32.8 Å². The molecule has 24 heavy (non-hydrogen) atoms. The molecule has 0 N–H and O–H groups in total. The van der Waals surface area contributed by atoms with Gasteiger partial charge in [0, 0.05) is 24.9 Å². The van der Waals surface area contributed by atoms with Crippen molar-refractivity contribution in [3.05, 3.63) is 29.3 Å². The van der Waals surface area contributed by atoms with E-state index in [-0.39, 0.29) is 0 Å². The zero-order valence-electron chi connectivity index (χ0n) is 15.3. The van der Waals surface area contributed by atoms with Crippen molar-refractivity contribution >= 4 is 11.9 Å². The predicted octanol–water partition coefficient (Wildman–Crippen LogP) is 4.36. The molecule has 3 nitrogen and oxygen atoms in total. The van der Waals surface area contributed by atoms with E-state index in [9.17, 15) is 0 Å². The van der Waals surface area contributed by atoms with Gasteiger partial charge in [-0.15, -0.1) is 0 Å². The summed E-state index contributed by atoms with van der Waals surface area (Å²) in [5, 5.41) is 0.653. The molecule has 0 radical (unpaired) electrons. The van der Waals surface area contributed by atoms with Gasteiger partial charge in [-0.3, -0.25) is 0 Å². The fraction of sp³-hybridized carbons (Fsp3) is 0.700. The Hall–Kier alpha value is -0.710. The molecule has 2 aliphatic rings. The van der Waals surface area contributed by atoms with Crippen LogP contribution in [0.4, 0.5) is 0 Å². The first-order valence-corrected chi connectivity index (χ1v) is 10.4. The molecule has 0 amide bonds. The average Bonchev–Trinajstić information content (AvgIpc) is 2.59.